The van der Waals surface area contributed by atoms with E-state index >= 15 is 0 Å². The van der Waals surface area contributed by atoms with E-state index in [0.717, 1.165) is 5.56 Å². The molecule has 0 heterocycles. The smallest absolute Gasteiger partial charge is 0.329 e. The number of rotatable bonds is 6. The highest BCUT2D eigenvalue weighted by molar-refractivity contribution is 9.10. The number of halogens is 2. The summed E-state index contributed by atoms with van der Waals surface area (Å²) < 4.78 is 23.5. The molecule has 0 saturated heterocycles. The number of methoxy groups -OCH3 is 1. The van der Waals surface area contributed by atoms with Gasteiger partial charge in [0, 0.05) is 6.07 Å². The highest BCUT2D eigenvalue weighted by atomic mass is 79.9. The van der Waals surface area contributed by atoms with E-state index in [2.05, 4.69) is 15.9 Å². The van der Waals surface area contributed by atoms with Crippen molar-refractivity contribution >= 4 is 21.9 Å². The summed E-state index contributed by atoms with van der Waals surface area (Å²) >= 11 is 3.08. The normalized spacial score (nSPS) is 10.3. The Morgan fingerprint density at radius 3 is 2.82 bits per heavy atom. The first-order chi connectivity index (χ1) is 8.04. The van der Waals surface area contributed by atoms with E-state index in [1.54, 1.807) is 6.07 Å². The second-order valence-electron chi connectivity index (χ2n) is 3.27. The molecule has 0 aliphatic heterocycles. The molecule has 4 nitrogen and oxygen atoms in total. The zero-order valence-corrected chi connectivity index (χ0v) is 10.8. The molecule has 1 rings (SSSR count). The van der Waals surface area contributed by atoms with Gasteiger partial charge in [0.25, 0.3) is 0 Å². The number of carboxylic acid groups (broad SMARTS) is 1. The fourth-order valence-corrected chi connectivity index (χ4v) is 1.69. The molecule has 17 heavy (non-hydrogen) atoms. The molecule has 0 atom stereocenters. The number of carboxylic acids is 1. The Morgan fingerprint density at radius 2 is 2.24 bits per heavy atom. The Bertz CT molecular complexity index is 409. The van der Waals surface area contributed by atoms with Crippen LogP contribution in [0.3, 0.4) is 0 Å². The third-order valence-corrected chi connectivity index (χ3v) is 2.67. The van der Waals surface area contributed by atoms with Gasteiger partial charge >= 0.3 is 5.97 Å². The van der Waals surface area contributed by atoms with E-state index in [0.29, 0.717) is 16.6 Å². The topological polar surface area (TPSA) is 55.8 Å². The lowest BCUT2D eigenvalue weighted by atomic mass is 10.1. The molecular formula is C11H12BrFO4. The van der Waals surface area contributed by atoms with Gasteiger partial charge in [-0.15, -0.1) is 0 Å². The molecule has 6 heteroatoms. The minimum atomic E-state index is -1.02. The van der Waals surface area contributed by atoms with Crippen molar-refractivity contribution in [3.8, 4) is 5.75 Å². The first kappa shape index (κ1) is 13.9. The van der Waals surface area contributed by atoms with Gasteiger partial charge in [-0.05, 0) is 34.0 Å². The van der Waals surface area contributed by atoms with Crippen molar-refractivity contribution < 1.29 is 23.8 Å². The van der Waals surface area contributed by atoms with Crippen LogP contribution in [-0.2, 0) is 16.0 Å². The summed E-state index contributed by atoms with van der Waals surface area (Å²) in [6.07, 6.45) is 0.454. The minimum Gasteiger partial charge on any atom is -0.496 e. The lowest BCUT2D eigenvalue weighted by molar-refractivity contribution is -0.142. The molecule has 0 radical (unpaired) electrons. The standard InChI is InChI=1S/C11H12BrFO4/c1-16-10-5-9(13)8(12)4-7(10)2-3-17-6-11(14)15/h4-5H,2-3,6H2,1H3,(H,14,15). The molecule has 0 bridgehead atoms. The molecule has 0 saturated carbocycles. The van der Waals surface area contributed by atoms with Gasteiger partial charge in [0.15, 0.2) is 0 Å². The average Bonchev–Trinajstić information content (AvgIpc) is 2.28. The number of benzene rings is 1. The highest BCUT2D eigenvalue weighted by Gasteiger charge is 2.09. The fraction of sp³-hybridized carbons (Fsp3) is 0.364. The van der Waals surface area contributed by atoms with Crippen molar-refractivity contribution in [1.82, 2.24) is 0 Å². The van der Waals surface area contributed by atoms with Gasteiger partial charge in [-0.1, -0.05) is 0 Å². The SMILES string of the molecule is COc1cc(F)c(Br)cc1CCOCC(=O)O. The molecule has 1 N–H and O–H groups in total. The molecule has 1 aromatic carbocycles. The predicted molar refractivity (Wildman–Crippen MR) is 62.8 cm³/mol. The van der Waals surface area contributed by atoms with Gasteiger partial charge in [0.1, 0.15) is 18.2 Å². The van der Waals surface area contributed by atoms with Crippen molar-refractivity contribution in [2.24, 2.45) is 0 Å². The summed E-state index contributed by atoms with van der Waals surface area (Å²) in [4.78, 5) is 10.2. The van der Waals surface area contributed by atoms with Gasteiger partial charge in [-0.2, -0.15) is 0 Å². The fourth-order valence-electron chi connectivity index (χ4n) is 1.30. The van der Waals surface area contributed by atoms with E-state index in [1.165, 1.54) is 13.2 Å². The molecule has 0 aliphatic carbocycles. The Balaban J connectivity index is 2.63. The maximum Gasteiger partial charge on any atom is 0.329 e. The van der Waals surface area contributed by atoms with Crippen molar-refractivity contribution in [3.63, 3.8) is 0 Å². The Labute approximate surface area is 106 Å². The van der Waals surface area contributed by atoms with Crippen LogP contribution < -0.4 is 4.74 Å². The lowest BCUT2D eigenvalue weighted by Crippen LogP contribution is -2.09. The van der Waals surface area contributed by atoms with Crippen LogP contribution in [0.4, 0.5) is 4.39 Å². The molecule has 0 fully saturated rings. The van der Waals surface area contributed by atoms with Gasteiger partial charge in [0.05, 0.1) is 18.2 Å². The maximum atomic E-state index is 13.2. The molecule has 1 aromatic rings. The number of hydrogen-bond donors (Lipinski definition) is 1. The van der Waals surface area contributed by atoms with Crippen molar-refractivity contribution in [2.45, 2.75) is 6.42 Å². The predicted octanol–water partition coefficient (Wildman–Crippen LogP) is 2.24. The first-order valence-electron chi connectivity index (χ1n) is 4.86. The van der Waals surface area contributed by atoms with Crippen LogP contribution in [0.1, 0.15) is 5.56 Å². The Morgan fingerprint density at radius 1 is 1.53 bits per heavy atom. The van der Waals surface area contributed by atoms with Gasteiger partial charge < -0.3 is 14.6 Å². The summed E-state index contributed by atoms with van der Waals surface area (Å²) in [5, 5.41) is 8.39. The number of ether oxygens (including phenoxy) is 2. The van der Waals surface area contributed by atoms with Gasteiger partial charge in [0.2, 0.25) is 0 Å². The zero-order valence-electron chi connectivity index (χ0n) is 9.20. The number of aliphatic carboxylic acids is 1. The van der Waals surface area contributed by atoms with Crippen molar-refractivity contribution in [2.75, 3.05) is 20.3 Å². The molecular weight excluding hydrogens is 295 g/mol. The second kappa shape index (κ2) is 6.56. The quantitative estimate of drug-likeness (QED) is 0.819. The first-order valence-corrected chi connectivity index (χ1v) is 5.65. The van der Waals surface area contributed by atoms with Crippen molar-refractivity contribution in [3.05, 3.63) is 28.0 Å². The highest BCUT2D eigenvalue weighted by Crippen LogP contribution is 2.26. The molecule has 94 valence electrons. The Kier molecular flexibility index (Phi) is 5.37. The maximum absolute atomic E-state index is 13.2. The summed E-state index contributed by atoms with van der Waals surface area (Å²) in [6.45, 7) is -0.106. The second-order valence-corrected chi connectivity index (χ2v) is 4.13. The monoisotopic (exact) mass is 306 g/mol. The van der Waals surface area contributed by atoms with Crippen LogP contribution in [0.2, 0.25) is 0 Å². The molecule has 0 aliphatic rings. The van der Waals surface area contributed by atoms with E-state index in [1.807, 2.05) is 0 Å². The van der Waals surface area contributed by atoms with Crippen LogP contribution in [0.15, 0.2) is 16.6 Å². The van der Waals surface area contributed by atoms with Crippen LogP contribution >= 0.6 is 15.9 Å². The lowest BCUT2D eigenvalue weighted by Gasteiger charge is -2.09. The number of hydrogen-bond acceptors (Lipinski definition) is 3. The van der Waals surface area contributed by atoms with Gasteiger partial charge in [-0.3, -0.25) is 0 Å². The van der Waals surface area contributed by atoms with E-state index in [9.17, 15) is 9.18 Å². The van der Waals surface area contributed by atoms with Crippen molar-refractivity contribution in [1.29, 1.82) is 0 Å². The zero-order chi connectivity index (χ0) is 12.8. The number of carbonyl (C=O) groups is 1. The molecule has 0 unspecified atom stereocenters. The summed E-state index contributed by atoms with van der Waals surface area (Å²) in [7, 11) is 1.45. The third-order valence-electron chi connectivity index (χ3n) is 2.06. The van der Waals surface area contributed by atoms with E-state index in [-0.39, 0.29) is 13.2 Å². The largest absolute Gasteiger partial charge is 0.496 e. The minimum absolute atomic E-state index is 0.237. The molecule has 0 aromatic heterocycles. The van der Waals surface area contributed by atoms with Crippen LogP contribution in [0.25, 0.3) is 0 Å². The molecule has 0 amide bonds. The average molecular weight is 307 g/mol. The van der Waals surface area contributed by atoms with Crippen LogP contribution in [0, 0.1) is 5.82 Å². The van der Waals surface area contributed by atoms with Crippen LogP contribution in [-0.4, -0.2) is 31.4 Å². The summed E-state index contributed by atoms with van der Waals surface area (Å²) in [6, 6.07) is 2.87. The third kappa shape index (κ3) is 4.32. The van der Waals surface area contributed by atoms with Crippen LogP contribution in [0.5, 0.6) is 5.75 Å². The summed E-state index contributed by atoms with van der Waals surface area (Å²) in [5.74, 6) is -1.00. The summed E-state index contributed by atoms with van der Waals surface area (Å²) in [5.41, 5.74) is 0.756. The molecule has 0 spiro atoms. The van der Waals surface area contributed by atoms with E-state index < -0.39 is 11.8 Å². The van der Waals surface area contributed by atoms with E-state index in [4.69, 9.17) is 14.6 Å². The van der Waals surface area contributed by atoms with Gasteiger partial charge in [-0.25, -0.2) is 9.18 Å². The Hall–Kier alpha value is -1.14.